The Bertz CT molecular complexity index is 139. The normalized spacial score (nSPS) is 53.9. The van der Waals surface area contributed by atoms with E-state index in [1.807, 2.05) is 0 Å². The third kappa shape index (κ3) is 0.415. The van der Waals surface area contributed by atoms with Crippen LogP contribution in [0.15, 0.2) is 0 Å². The van der Waals surface area contributed by atoms with E-state index < -0.39 is 10.0 Å². The van der Waals surface area contributed by atoms with Gasteiger partial charge in [-0.15, -0.1) is 0 Å². The Hall–Kier alpha value is 0.440. The number of hydrogen-bond acceptors (Lipinski definition) is 1. The second kappa shape index (κ2) is 1.29. The lowest BCUT2D eigenvalue weighted by Gasteiger charge is -2.59. The maximum Gasteiger partial charge on any atom is 0.121 e. The van der Waals surface area contributed by atoms with Gasteiger partial charge in [0.1, 0.15) is 10.0 Å². The van der Waals surface area contributed by atoms with Crippen molar-refractivity contribution in [2.45, 2.75) is 24.0 Å². The van der Waals surface area contributed by atoms with E-state index in [0.29, 0.717) is 0 Å². The minimum atomic E-state index is -1.05. The first kappa shape index (κ1) is 5.24. The lowest BCUT2D eigenvalue weighted by Crippen LogP contribution is -2.59. The molecule has 0 heterocycles. The number of hydrogen-bond donors (Lipinski definition) is 0. The molecule has 0 spiro atoms. The Morgan fingerprint density at radius 1 is 1.50 bits per heavy atom. The zero-order valence-corrected chi connectivity index (χ0v) is 5.97. The van der Waals surface area contributed by atoms with Crippen LogP contribution >= 0.6 is 10.7 Å². The van der Waals surface area contributed by atoms with E-state index in [-0.39, 0.29) is 4.75 Å². The molecule has 3 aliphatic carbocycles. The van der Waals surface area contributed by atoms with Gasteiger partial charge in [-0.05, 0) is 35.9 Å². The second-order valence-electron chi connectivity index (χ2n) is 2.88. The summed E-state index contributed by atoms with van der Waals surface area (Å²) < 4.78 is 10.8. The number of halogens is 1. The fourth-order valence-electron chi connectivity index (χ4n) is 1.60. The highest BCUT2D eigenvalue weighted by molar-refractivity contribution is 8.09. The minimum absolute atomic E-state index is 0.103. The van der Waals surface area contributed by atoms with Crippen molar-refractivity contribution in [3.8, 4) is 0 Å². The molecule has 3 aliphatic rings. The van der Waals surface area contributed by atoms with Crippen LogP contribution in [0, 0.1) is 5.92 Å². The van der Waals surface area contributed by atoms with Gasteiger partial charge >= 0.3 is 0 Å². The average molecular weight is 151 g/mol. The van der Waals surface area contributed by atoms with E-state index in [1.54, 1.807) is 0 Å². The summed E-state index contributed by atoms with van der Waals surface area (Å²) in [6.07, 6.45) is 3.38. The topological polar surface area (TPSA) is 17.1 Å². The summed E-state index contributed by atoms with van der Waals surface area (Å²) in [6.45, 7) is 0. The first-order valence-electron chi connectivity index (χ1n) is 2.81. The van der Waals surface area contributed by atoms with Gasteiger partial charge in [0, 0.05) is 0 Å². The lowest BCUT2D eigenvalue weighted by atomic mass is 9.55. The van der Waals surface area contributed by atoms with Gasteiger partial charge in [0.05, 0.1) is 4.75 Å². The van der Waals surface area contributed by atoms with E-state index in [4.69, 9.17) is 10.7 Å². The van der Waals surface area contributed by atoms with Crippen LogP contribution < -0.4 is 0 Å². The van der Waals surface area contributed by atoms with E-state index >= 15 is 0 Å². The Kier molecular flexibility index (Phi) is 0.848. The highest BCUT2D eigenvalue weighted by Crippen LogP contribution is 2.61. The quantitative estimate of drug-likeness (QED) is 0.517. The lowest BCUT2D eigenvalue weighted by molar-refractivity contribution is 0.0548. The molecule has 0 aromatic carbocycles. The van der Waals surface area contributed by atoms with Crippen molar-refractivity contribution in [3.05, 3.63) is 0 Å². The molecule has 0 saturated heterocycles. The zero-order valence-electron chi connectivity index (χ0n) is 4.39. The van der Waals surface area contributed by atoms with Gasteiger partial charge in [-0.25, -0.2) is 4.21 Å². The Morgan fingerprint density at radius 2 is 2.00 bits per heavy atom. The molecule has 8 heavy (non-hydrogen) atoms. The molecular formula is C5H7ClOS. The summed E-state index contributed by atoms with van der Waals surface area (Å²) in [4.78, 5) is 0. The molecule has 3 rings (SSSR count). The molecule has 1 atom stereocenters. The van der Waals surface area contributed by atoms with Gasteiger partial charge in [-0.3, -0.25) is 0 Å². The van der Waals surface area contributed by atoms with E-state index in [1.165, 1.54) is 0 Å². The zero-order chi connectivity index (χ0) is 5.78. The SMILES string of the molecule is O=S(Cl)C12CC(C1)C2. The average Bonchev–Trinajstić information content (AvgIpc) is 1.16. The van der Waals surface area contributed by atoms with Crippen molar-refractivity contribution in [2.75, 3.05) is 0 Å². The smallest absolute Gasteiger partial charge is 0.121 e. The molecule has 3 fully saturated rings. The third-order valence-electron chi connectivity index (χ3n) is 2.32. The summed E-state index contributed by atoms with van der Waals surface area (Å²) in [5.41, 5.74) is 0. The van der Waals surface area contributed by atoms with Crippen LogP contribution in [0.2, 0.25) is 0 Å². The largest absolute Gasteiger partial charge is 0.242 e. The van der Waals surface area contributed by atoms with Crippen molar-refractivity contribution in [1.82, 2.24) is 0 Å². The molecule has 0 aromatic heterocycles. The molecule has 46 valence electrons. The van der Waals surface area contributed by atoms with Crippen LogP contribution in [-0.4, -0.2) is 8.96 Å². The maximum absolute atomic E-state index is 10.7. The predicted molar refractivity (Wildman–Crippen MR) is 34.1 cm³/mol. The summed E-state index contributed by atoms with van der Waals surface area (Å²) in [7, 11) is 4.38. The Labute approximate surface area is 55.4 Å². The Balaban J connectivity index is 2.15. The molecule has 0 N–H and O–H groups in total. The van der Waals surface area contributed by atoms with Crippen LogP contribution in [0.1, 0.15) is 19.3 Å². The minimum Gasteiger partial charge on any atom is -0.242 e. The molecular weight excluding hydrogens is 144 g/mol. The maximum atomic E-state index is 10.7. The molecule has 1 unspecified atom stereocenters. The monoisotopic (exact) mass is 150 g/mol. The first-order chi connectivity index (χ1) is 3.73. The van der Waals surface area contributed by atoms with Crippen molar-refractivity contribution < 1.29 is 4.21 Å². The molecule has 0 aromatic rings. The van der Waals surface area contributed by atoms with Crippen molar-refractivity contribution in [1.29, 1.82) is 0 Å². The highest BCUT2D eigenvalue weighted by Gasteiger charge is 2.60. The summed E-state index contributed by atoms with van der Waals surface area (Å²) >= 11 is 0. The summed E-state index contributed by atoms with van der Waals surface area (Å²) in [6, 6.07) is 0. The van der Waals surface area contributed by atoms with Gasteiger partial charge in [0.15, 0.2) is 0 Å². The van der Waals surface area contributed by atoms with E-state index in [0.717, 1.165) is 25.2 Å². The van der Waals surface area contributed by atoms with Crippen molar-refractivity contribution in [3.63, 3.8) is 0 Å². The van der Waals surface area contributed by atoms with Crippen LogP contribution in [0.5, 0.6) is 0 Å². The molecule has 1 nitrogen and oxygen atoms in total. The Morgan fingerprint density at radius 3 is 2.00 bits per heavy atom. The molecule has 0 amide bonds. The van der Waals surface area contributed by atoms with E-state index in [9.17, 15) is 4.21 Å². The van der Waals surface area contributed by atoms with Crippen molar-refractivity contribution >= 4 is 20.7 Å². The van der Waals surface area contributed by atoms with Crippen LogP contribution in [0.25, 0.3) is 0 Å². The molecule has 3 saturated carbocycles. The molecule has 3 heteroatoms. The predicted octanol–water partition coefficient (Wildman–Crippen LogP) is 1.44. The van der Waals surface area contributed by atoms with Gasteiger partial charge in [-0.1, -0.05) is 0 Å². The molecule has 0 radical (unpaired) electrons. The van der Waals surface area contributed by atoms with Crippen LogP contribution in [0.3, 0.4) is 0 Å². The fraction of sp³-hybridized carbons (Fsp3) is 1.00. The van der Waals surface area contributed by atoms with Crippen molar-refractivity contribution in [2.24, 2.45) is 5.92 Å². The van der Waals surface area contributed by atoms with Crippen LogP contribution in [0.4, 0.5) is 0 Å². The third-order valence-corrected chi connectivity index (χ3v) is 4.49. The van der Waals surface area contributed by atoms with Gasteiger partial charge in [-0.2, -0.15) is 0 Å². The van der Waals surface area contributed by atoms with E-state index in [2.05, 4.69) is 0 Å². The molecule has 2 bridgehead atoms. The molecule has 0 aliphatic heterocycles. The van der Waals surface area contributed by atoms with Crippen LogP contribution in [-0.2, 0) is 10.0 Å². The second-order valence-corrected chi connectivity index (χ2v) is 5.04. The fourth-order valence-corrected chi connectivity index (χ4v) is 3.26. The first-order valence-corrected chi connectivity index (χ1v) is 4.79. The van der Waals surface area contributed by atoms with Gasteiger partial charge in [0.2, 0.25) is 0 Å². The van der Waals surface area contributed by atoms with Gasteiger partial charge in [0.25, 0.3) is 0 Å². The summed E-state index contributed by atoms with van der Waals surface area (Å²) in [5.74, 6) is 0.887. The summed E-state index contributed by atoms with van der Waals surface area (Å²) in [5, 5.41) is 0. The standard InChI is InChI=1S/C5H7ClOS/c6-8(7)5-1-4(2-5)3-5/h4H,1-3H2. The number of rotatable bonds is 1. The highest BCUT2D eigenvalue weighted by atomic mass is 35.7. The van der Waals surface area contributed by atoms with Gasteiger partial charge < -0.3 is 0 Å².